The van der Waals surface area contributed by atoms with Crippen molar-refractivity contribution >= 4 is 109 Å². The second-order valence-corrected chi connectivity index (χ2v) is 24.8. The molecule has 0 saturated carbocycles. The minimum Gasteiger partial charge on any atom is -0.295 e. The van der Waals surface area contributed by atoms with Crippen molar-refractivity contribution in [2.75, 3.05) is 0 Å². The zero-order valence-electron chi connectivity index (χ0n) is 37.7. The van der Waals surface area contributed by atoms with Crippen molar-refractivity contribution in [1.29, 1.82) is 0 Å². The van der Waals surface area contributed by atoms with Crippen molar-refractivity contribution in [3.8, 4) is 22.5 Å². The molecule has 0 bridgehead atoms. The van der Waals surface area contributed by atoms with Gasteiger partial charge in [-0.25, -0.2) is 0 Å². The van der Waals surface area contributed by atoms with Crippen molar-refractivity contribution in [2.45, 2.75) is 57.8 Å². The number of benzene rings is 8. The van der Waals surface area contributed by atoms with Crippen molar-refractivity contribution in [3.63, 3.8) is 0 Å². The van der Waals surface area contributed by atoms with Gasteiger partial charge in [0, 0.05) is 58.9 Å². The molecule has 12 aromatic rings. The molecule has 316 valence electrons. The predicted molar refractivity (Wildman–Crippen MR) is 286 cm³/mol. The highest BCUT2D eigenvalue weighted by Crippen LogP contribution is 2.61. The molecule has 4 aromatic heterocycles. The molecule has 0 saturated heterocycles. The van der Waals surface area contributed by atoms with Crippen LogP contribution in [0.1, 0.15) is 74.9 Å². The van der Waals surface area contributed by atoms with E-state index in [2.05, 4.69) is 214 Å². The van der Waals surface area contributed by atoms with Crippen LogP contribution in [0.4, 0.5) is 0 Å². The molecule has 3 aliphatic heterocycles. The molecule has 5 heteroatoms. The van der Waals surface area contributed by atoms with E-state index in [9.17, 15) is 0 Å². The van der Waals surface area contributed by atoms with E-state index in [1.807, 2.05) is 22.7 Å². The largest absolute Gasteiger partial charge is 0.295 e. The van der Waals surface area contributed by atoms with Crippen LogP contribution in [0.25, 0.3) is 84.9 Å². The molecular weight excluding hydrogens is 856 g/mol. The van der Waals surface area contributed by atoms with Gasteiger partial charge < -0.3 is 0 Å². The lowest BCUT2D eigenvalue weighted by Gasteiger charge is -2.53. The Morgan fingerprint density at radius 1 is 0.439 bits per heavy atom. The van der Waals surface area contributed by atoms with Crippen LogP contribution in [0.2, 0.25) is 0 Å². The Hall–Kier alpha value is -6.29. The first-order valence-corrected chi connectivity index (χ1v) is 26.2. The second kappa shape index (κ2) is 12.6. The van der Waals surface area contributed by atoms with Crippen molar-refractivity contribution in [2.24, 2.45) is 0 Å². The number of nitrogens with zero attached hydrogens (tertiary/aromatic N) is 2. The Morgan fingerprint density at radius 3 is 1.70 bits per heavy atom. The Balaban J connectivity index is 0.982. The van der Waals surface area contributed by atoms with E-state index in [-0.39, 0.29) is 16.2 Å². The predicted octanol–water partition coefficient (Wildman–Crippen LogP) is 15.7. The maximum atomic E-state index is 2.55. The fourth-order valence-electron chi connectivity index (χ4n) is 13.0. The topological polar surface area (TPSA) is 9.86 Å². The van der Waals surface area contributed by atoms with Crippen LogP contribution in [0.5, 0.6) is 0 Å². The van der Waals surface area contributed by atoms with E-state index in [1.165, 1.54) is 118 Å². The fourth-order valence-corrected chi connectivity index (χ4v) is 19.9. The number of thiophene rings is 2. The zero-order chi connectivity index (χ0) is 44.2. The molecule has 0 radical (unpaired) electrons. The molecule has 0 amide bonds. The number of para-hydroxylation sites is 3. The fraction of sp³-hybridized carbons (Fsp3) is 0.148. The summed E-state index contributed by atoms with van der Waals surface area (Å²) in [4.78, 5) is 0. The zero-order valence-corrected chi connectivity index (χ0v) is 40.3. The van der Waals surface area contributed by atoms with Crippen LogP contribution in [0, 0.1) is 0 Å². The molecule has 2 nitrogen and oxygen atoms in total. The summed E-state index contributed by atoms with van der Waals surface area (Å²) in [5.74, 6) is 0. The Kier molecular flexibility index (Phi) is 7.22. The van der Waals surface area contributed by atoms with Crippen molar-refractivity contribution in [3.05, 3.63) is 197 Å². The molecule has 0 N–H and O–H groups in total. The molecule has 1 unspecified atom stereocenters. The highest BCUT2D eigenvalue weighted by atomic mass is 32.2. The Bertz CT molecular complexity index is 4110. The minimum atomic E-state index is -0.727. The third-order valence-corrected chi connectivity index (χ3v) is 21.3. The lowest BCUT2D eigenvalue weighted by molar-refractivity contribution is 0.603. The molecule has 0 fully saturated rings. The molecule has 0 spiro atoms. The number of hydrogen-bond donors (Lipinski definition) is 0. The SMILES string of the molecule is CC1(C)c2cccc3c2P2c4c1cccc4C(C)(C)c1c(-c4ccc5sc6sc7c(-n8c9ccccc9c9c%10ccccc%10n(-c%10ccccc%10)c98)cccc7c6c5c4)ccc(c12)C3(C)C. The summed E-state index contributed by atoms with van der Waals surface area (Å²) in [5, 5.41) is 12.8. The normalized spacial score (nSPS) is 17.2. The van der Waals surface area contributed by atoms with E-state index in [0.717, 1.165) is 0 Å². The second-order valence-electron chi connectivity index (χ2n) is 20.5. The smallest absolute Gasteiger partial charge is 0.131 e. The van der Waals surface area contributed by atoms with Gasteiger partial charge in [0.15, 0.2) is 0 Å². The van der Waals surface area contributed by atoms with Crippen LogP contribution in [-0.2, 0) is 16.2 Å². The summed E-state index contributed by atoms with van der Waals surface area (Å²) in [6, 6.07) is 62.7. The van der Waals surface area contributed by atoms with Gasteiger partial charge in [-0.3, -0.25) is 9.13 Å². The molecule has 0 aliphatic carbocycles. The van der Waals surface area contributed by atoms with Crippen LogP contribution < -0.4 is 15.9 Å². The minimum absolute atomic E-state index is 0.0619. The first kappa shape index (κ1) is 37.9. The standard InChI is InChI=1S/C61H45N2PS2/c1-59(2)41-22-15-23-42-53(41)64-54-43(59)24-16-25-44(54)61(5,6)52-36(30-31-45(55(52)64)60(42,3)4)34-29-32-49-40(33-34)51-39-21-14-28-48(56(39)66-58(51)65-49)63-47-27-13-11-20-38(47)50-37-19-10-12-26-46(37)62(57(50)63)35-17-8-7-9-18-35/h7-33H,1-6H3. The summed E-state index contributed by atoms with van der Waals surface area (Å²) in [6.45, 7) is 14.9. The van der Waals surface area contributed by atoms with Gasteiger partial charge in [-0.1, -0.05) is 163 Å². The summed E-state index contributed by atoms with van der Waals surface area (Å²) >= 11 is 3.91. The lowest BCUT2D eigenvalue weighted by Crippen LogP contribution is -2.54. The molecule has 66 heavy (non-hydrogen) atoms. The first-order valence-electron chi connectivity index (χ1n) is 23.3. The van der Waals surface area contributed by atoms with E-state index in [4.69, 9.17) is 0 Å². The average Bonchev–Trinajstić information content (AvgIpc) is 4.07. The summed E-state index contributed by atoms with van der Waals surface area (Å²) in [7, 11) is -0.727. The maximum absolute atomic E-state index is 2.55. The first-order chi connectivity index (χ1) is 32.0. The van der Waals surface area contributed by atoms with Gasteiger partial charge in [0.1, 0.15) is 5.65 Å². The van der Waals surface area contributed by atoms with Gasteiger partial charge in [0.05, 0.1) is 25.4 Å². The van der Waals surface area contributed by atoms with Gasteiger partial charge in [-0.05, 0) is 111 Å². The molecule has 15 rings (SSSR count). The van der Waals surface area contributed by atoms with Crippen molar-refractivity contribution < 1.29 is 0 Å². The third-order valence-electron chi connectivity index (χ3n) is 16.1. The van der Waals surface area contributed by atoms with Gasteiger partial charge in [0.25, 0.3) is 0 Å². The molecule has 8 aromatic carbocycles. The van der Waals surface area contributed by atoms with Gasteiger partial charge in [-0.2, -0.15) is 0 Å². The van der Waals surface area contributed by atoms with Crippen molar-refractivity contribution in [1.82, 2.24) is 9.13 Å². The summed E-state index contributed by atoms with van der Waals surface area (Å²) < 4.78 is 9.09. The van der Waals surface area contributed by atoms with Crippen LogP contribution in [-0.4, -0.2) is 9.13 Å². The van der Waals surface area contributed by atoms with Crippen LogP contribution in [0.15, 0.2) is 164 Å². The highest BCUT2D eigenvalue weighted by molar-refractivity contribution is 7.80. The van der Waals surface area contributed by atoms with Crippen LogP contribution in [0.3, 0.4) is 0 Å². The highest BCUT2D eigenvalue weighted by Gasteiger charge is 2.53. The monoisotopic (exact) mass is 900 g/mol. The van der Waals surface area contributed by atoms with Gasteiger partial charge in [0.2, 0.25) is 0 Å². The van der Waals surface area contributed by atoms with E-state index in [0.29, 0.717) is 0 Å². The van der Waals surface area contributed by atoms with Crippen LogP contribution >= 0.6 is 30.6 Å². The van der Waals surface area contributed by atoms with Gasteiger partial charge in [-0.15, -0.1) is 22.7 Å². The summed E-state index contributed by atoms with van der Waals surface area (Å²) in [5.41, 5.74) is 17.5. The Morgan fingerprint density at radius 2 is 1.02 bits per heavy atom. The van der Waals surface area contributed by atoms with Gasteiger partial charge >= 0.3 is 0 Å². The maximum Gasteiger partial charge on any atom is 0.131 e. The molecule has 7 heterocycles. The number of fused-ring (bicyclic) bond motifs is 10. The third kappa shape index (κ3) is 4.47. The number of hydrogen-bond acceptors (Lipinski definition) is 2. The van der Waals surface area contributed by atoms with E-state index in [1.54, 1.807) is 15.9 Å². The summed E-state index contributed by atoms with van der Waals surface area (Å²) in [6.07, 6.45) is 0. The average molecular weight is 901 g/mol. The van der Waals surface area contributed by atoms with E-state index < -0.39 is 7.92 Å². The quantitative estimate of drug-likeness (QED) is 0.156. The number of rotatable bonds is 3. The molecular formula is C61H45N2PS2. The lowest BCUT2D eigenvalue weighted by atomic mass is 9.66. The Labute approximate surface area is 393 Å². The molecule has 3 aliphatic rings. The van der Waals surface area contributed by atoms with E-state index >= 15 is 0 Å². The number of aromatic nitrogens is 2. The molecule has 1 atom stereocenters.